The molecule has 1 aliphatic rings. The smallest absolute Gasteiger partial charge is 0.412 e. The van der Waals surface area contributed by atoms with Crippen molar-refractivity contribution in [1.82, 2.24) is 4.90 Å². The molecular formula is C17H26N2O3S. The summed E-state index contributed by atoms with van der Waals surface area (Å²) < 4.78 is 5.25. The molecule has 2 rings (SSSR count). The zero-order valence-corrected chi connectivity index (χ0v) is 15.4. The largest absolute Gasteiger partial charge is 0.444 e. The Morgan fingerprint density at radius 2 is 1.74 bits per heavy atom. The Morgan fingerprint density at radius 3 is 2.30 bits per heavy atom. The molecule has 0 spiro atoms. The fourth-order valence-corrected chi connectivity index (χ4v) is 3.55. The van der Waals surface area contributed by atoms with Gasteiger partial charge in [-0.15, -0.1) is 11.3 Å². The van der Waals surface area contributed by atoms with E-state index in [4.69, 9.17) is 4.74 Å². The lowest BCUT2D eigenvalue weighted by Crippen LogP contribution is -2.41. The van der Waals surface area contributed by atoms with Crippen LogP contribution in [0.15, 0.2) is 12.1 Å². The molecule has 23 heavy (non-hydrogen) atoms. The van der Waals surface area contributed by atoms with Gasteiger partial charge in [0.25, 0.3) is 0 Å². The molecule has 6 heteroatoms. The second-order valence-electron chi connectivity index (χ2n) is 7.42. The molecule has 1 fully saturated rings. The molecule has 1 N–H and O–H groups in total. The third kappa shape index (κ3) is 4.47. The summed E-state index contributed by atoms with van der Waals surface area (Å²) in [5.74, 6) is 0.153. The standard InChI is InChI=1S/C17H26N2O3S/c1-16(2,3)22-15(21)18-13-9-8-12(23-13)17(4,5)14(20)19-10-6-7-11-19/h8-9H,6-7,10-11H2,1-5H3,(H,18,21). The van der Waals surface area contributed by atoms with Crippen LogP contribution in [0, 0.1) is 0 Å². The van der Waals surface area contributed by atoms with Gasteiger partial charge in [0.2, 0.25) is 5.91 Å². The first-order valence-corrected chi connectivity index (χ1v) is 8.81. The third-order valence-corrected chi connectivity index (χ3v) is 5.10. The zero-order valence-electron chi connectivity index (χ0n) is 14.6. The second kappa shape index (κ2) is 6.51. The SMILES string of the molecule is CC(C)(C)OC(=O)Nc1ccc(C(C)(C)C(=O)N2CCCC2)s1. The Hall–Kier alpha value is -1.56. The van der Waals surface area contributed by atoms with Crippen molar-refractivity contribution in [3.63, 3.8) is 0 Å². The Morgan fingerprint density at radius 1 is 1.13 bits per heavy atom. The van der Waals surface area contributed by atoms with E-state index in [1.807, 2.05) is 51.7 Å². The average molecular weight is 338 g/mol. The summed E-state index contributed by atoms with van der Waals surface area (Å²) in [6, 6.07) is 3.73. The third-order valence-electron chi connectivity index (χ3n) is 3.77. The fraction of sp³-hybridized carbons (Fsp3) is 0.647. The van der Waals surface area contributed by atoms with Crippen molar-refractivity contribution in [1.29, 1.82) is 0 Å². The van der Waals surface area contributed by atoms with Gasteiger partial charge >= 0.3 is 6.09 Å². The lowest BCUT2D eigenvalue weighted by Gasteiger charge is -2.28. The minimum absolute atomic E-state index is 0.153. The minimum Gasteiger partial charge on any atom is -0.444 e. The van der Waals surface area contributed by atoms with E-state index in [2.05, 4.69) is 5.32 Å². The lowest BCUT2D eigenvalue weighted by atomic mass is 9.90. The fourth-order valence-electron chi connectivity index (χ4n) is 2.57. The van der Waals surface area contributed by atoms with Crippen LogP contribution in [0.3, 0.4) is 0 Å². The summed E-state index contributed by atoms with van der Waals surface area (Å²) in [5, 5.41) is 3.42. The molecule has 0 bridgehead atoms. The van der Waals surface area contributed by atoms with Gasteiger partial charge in [-0.05, 0) is 59.6 Å². The van der Waals surface area contributed by atoms with Crippen LogP contribution in [0.5, 0.6) is 0 Å². The number of nitrogens with one attached hydrogen (secondary N) is 1. The minimum atomic E-state index is -0.580. The summed E-state index contributed by atoms with van der Waals surface area (Å²) in [5.41, 5.74) is -1.11. The van der Waals surface area contributed by atoms with Crippen LogP contribution in [0.25, 0.3) is 0 Å². The van der Waals surface area contributed by atoms with Crippen LogP contribution < -0.4 is 5.32 Å². The van der Waals surface area contributed by atoms with Gasteiger partial charge in [0, 0.05) is 18.0 Å². The predicted molar refractivity (Wildman–Crippen MR) is 93.0 cm³/mol. The number of amides is 2. The molecule has 0 unspecified atom stereocenters. The lowest BCUT2D eigenvalue weighted by molar-refractivity contribution is -0.135. The summed E-state index contributed by atoms with van der Waals surface area (Å²) >= 11 is 1.42. The monoisotopic (exact) mass is 338 g/mol. The van der Waals surface area contributed by atoms with E-state index < -0.39 is 17.1 Å². The van der Waals surface area contributed by atoms with Gasteiger partial charge in [0.1, 0.15) is 5.60 Å². The number of thiophene rings is 1. The molecular weight excluding hydrogens is 312 g/mol. The van der Waals surface area contributed by atoms with Crippen molar-refractivity contribution in [3.05, 3.63) is 17.0 Å². The maximum absolute atomic E-state index is 12.7. The van der Waals surface area contributed by atoms with Gasteiger partial charge in [-0.1, -0.05) is 0 Å². The molecule has 2 amide bonds. The van der Waals surface area contributed by atoms with Crippen molar-refractivity contribution in [3.8, 4) is 0 Å². The zero-order chi connectivity index (χ0) is 17.3. The van der Waals surface area contributed by atoms with Crippen molar-refractivity contribution < 1.29 is 14.3 Å². The van der Waals surface area contributed by atoms with E-state index in [1.54, 1.807) is 0 Å². The molecule has 0 saturated carbocycles. The quantitative estimate of drug-likeness (QED) is 0.906. The number of rotatable bonds is 3. The topological polar surface area (TPSA) is 58.6 Å². The molecule has 0 atom stereocenters. The number of nitrogens with zero attached hydrogens (tertiary/aromatic N) is 1. The van der Waals surface area contributed by atoms with Crippen LogP contribution >= 0.6 is 11.3 Å². The highest BCUT2D eigenvalue weighted by atomic mass is 32.1. The predicted octanol–water partition coefficient (Wildman–Crippen LogP) is 4.00. The van der Waals surface area contributed by atoms with E-state index in [-0.39, 0.29) is 5.91 Å². The molecule has 2 heterocycles. The molecule has 5 nitrogen and oxygen atoms in total. The summed E-state index contributed by atoms with van der Waals surface area (Å²) in [7, 11) is 0. The van der Waals surface area contributed by atoms with Crippen LogP contribution in [0.4, 0.5) is 9.80 Å². The number of ether oxygens (including phenoxy) is 1. The summed E-state index contributed by atoms with van der Waals surface area (Å²) in [4.78, 5) is 27.4. The second-order valence-corrected chi connectivity index (χ2v) is 8.50. The first-order chi connectivity index (χ1) is 10.6. The molecule has 1 saturated heterocycles. The highest BCUT2D eigenvalue weighted by Crippen LogP contribution is 2.35. The van der Waals surface area contributed by atoms with Crippen LogP contribution in [0.1, 0.15) is 52.3 Å². The molecule has 0 radical (unpaired) electrons. The van der Waals surface area contributed by atoms with Gasteiger partial charge < -0.3 is 9.64 Å². The van der Waals surface area contributed by atoms with Crippen molar-refractivity contribution in [2.75, 3.05) is 18.4 Å². The van der Waals surface area contributed by atoms with Gasteiger partial charge in [-0.3, -0.25) is 10.1 Å². The van der Waals surface area contributed by atoms with Crippen LogP contribution in [0.2, 0.25) is 0 Å². The van der Waals surface area contributed by atoms with Crippen LogP contribution in [-0.2, 0) is 14.9 Å². The van der Waals surface area contributed by atoms with Crippen molar-refractivity contribution >= 4 is 28.3 Å². The highest BCUT2D eigenvalue weighted by Gasteiger charge is 2.36. The molecule has 0 aliphatic carbocycles. The number of hydrogen-bond donors (Lipinski definition) is 1. The maximum atomic E-state index is 12.7. The van der Waals surface area contributed by atoms with Gasteiger partial charge in [-0.25, -0.2) is 4.79 Å². The molecule has 1 aromatic heterocycles. The number of carbonyl (C=O) groups is 2. The number of hydrogen-bond acceptors (Lipinski definition) is 4. The summed E-state index contributed by atoms with van der Waals surface area (Å²) in [6.45, 7) is 11.0. The van der Waals surface area contributed by atoms with Gasteiger partial charge in [0.15, 0.2) is 0 Å². The Kier molecular flexibility index (Phi) is 5.04. The highest BCUT2D eigenvalue weighted by molar-refractivity contribution is 7.16. The molecule has 128 valence electrons. The average Bonchev–Trinajstić information content (AvgIpc) is 3.05. The Labute approximate surface area is 142 Å². The van der Waals surface area contributed by atoms with Crippen molar-refractivity contribution in [2.24, 2.45) is 0 Å². The number of carbonyl (C=O) groups excluding carboxylic acids is 2. The van der Waals surface area contributed by atoms with Gasteiger partial charge in [-0.2, -0.15) is 0 Å². The Balaban J connectivity index is 2.05. The van der Waals surface area contributed by atoms with E-state index in [0.29, 0.717) is 5.00 Å². The maximum Gasteiger partial charge on any atom is 0.412 e. The molecule has 1 aromatic rings. The van der Waals surface area contributed by atoms with Gasteiger partial charge in [0.05, 0.1) is 10.4 Å². The normalized spacial score (nSPS) is 15.6. The first kappa shape index (κ1) is 17.8. The van der Waals surface area contributed by atoms with E-state index in [9.17, 15) is 9.59 Å². The van der Waals surface area contributed by atoms with E-state index in [0.717, 1.165) is 30.8 Å². The Bertz CT molecular complexity index is 581. The molecule has 1 aliphatic heterocycles. The number of anilines is 1. The van der Waals surface area contributed by atoms with E-state index in [1.165, 1.54) is 11.3 Å². The number of likely N-dealkylation sites (tertiary alicyclic amines) is 1. The summed E-state index contributed by atoms with van der Waals surface area (Å²) in [6.07, 6.45) is 1.68. The van der Waals surface area contributed by atoms with Crippen LogP contribution in [-0.4, -0.2) is 35.6 Å². The van der Waals surface area contributed by atoms with E-state index >= 15 is 0 Å². The molecule has 0 aromatic carbocycles. The first-order valence-electron chi connectivity index (χ1n) is 7.99. The van der Waals surface area contributed by atoms with Crippen molar-refractivity contribution in [2.45, 2.75) is 58.5 Å².